The highest BCUT2D eigenvalue weighted by Crippen LogP contribution is 2.37. The number of anilines is 2. The summed E-state index contributed by atoms with van der Waals surface area (Å²) in [7, 11) is 0. The molecule has 228 valence electrons. The van der Waals surface area contributed by atoms with Gasteiger partial charge in [0.25, 0.3) is 0 Å². The zero-order valence-corrected chi connectivity index (χ0v) is 28.3. The van der Waals surface area contributed by atoms with Crippen LogP contribution in [0.25, 0.3) is 33.5 Å². The van der Waals surface area contributed by atoms with Crippen LogP contribution < -0.4 is 5.32 Å². The second kappa shape index (κ2) is 11.4. The van der Waals surface area contributed by atoms with Gasteiger partial charge in [0.15, 0.2) is 0 Å². The number of rotatable bonds is 5. The highest BCUT2D eigenvalue weighted by molar-refractivity contribution is 5.94. The maximum Gasteiger partial charge on any atom is 0.136 e. The van der Waals surface area contributed by atoms with Gasteiger partial charge in [-0.05, 0) is 69.0 Å². The minimum atomic E-state index is -0.145. The molecule has 4 aromatic heterocycles. The Hall–Kier alpha value is -4.12. The lowest BCUT2D eigenvalue weighted by Gasteiger charge is -2.26. The van der Waals surface area contributed by atoms with Gasteiger partial charge >= 0.3 is 0 Å². The maximum absolute atomic E-state index is 5.26. The number of benzene rings is 1. The lowest BCUT2D eigenvalue weighted by molar-refractivity contribution is 0.586. The van der Waals surface area contributed by atoms with Gasteiger partial charge in [0.05, 0.1) is 22.8 Å². The topological polar surface area (TPSA) is 63.6 Å². The van der Waals surface area contributed by atoms with Crippen molar-refractivity contribution in [2.45, 2.75) is 98.3 Å². The van der Waals surface area contributed by atoms with Crippen molar-refractivity contribution in [2.24, 2.45) is 0 Å². The van der Waals surface area contributed by atoms with Crippen LogP contribution in [0.15, 0.2) is 73.1 Å². The van der Waals surface area contributed by atoms with Crippen LogP contribution in [-0.2, 0) is 16.2 Å². The predicted octanol–water partition coefficient (Wildman–Crippen LogP) is 10.5. The van der Waals surface area contributed by atoms with E-state index in [9.17, 15) is 0 Å². The molecule has 0 spiro atoms. The van der Waals surface area contributed by atoms with Gasteiger partial charge < -0.3 is 5.32 Å². The number of hydrogen-bond donors (Lipinski definition) is 1. The molecule has 1 aromatic carbocycles. The van der Waals surface area contributed by atoms with Crippen molar-refractivity contribution in [3.63, 3.8) is 0 Å². The van der Waals surface area contributed by atoms with E-state index in [1.54, 1.807) is 0 Å². The molecular formula is C39H47N5. The van der Waals surface area contributed by atoms with E-state index in [4.69, 9.17) is 19.9 Å². The molecule has 5 rings (SSSR count). The van der Waals surface area contributed by atoms with E-state index in [-0.39, 0.29) is 16.2 Å². The molecule has 0 saturated carbocycles. The minimum Gasteiger partial charge on any atom is -0.324 e. The summed E-state index contributed by atoms with van der Waals surface area (Å²) in [6.07, 6.45) is 3.77. The smallest absolute Gasteiger partial charge is 0.136 e. The Morgan fingerprint density at radius 1 is 0.568 bits per heavy atom. The van der Waals surface area contributed by atoms with Crippen LogP contribution in [-0.4, -0.2) is 19.9 Å². The van der Waals surface area contributed by atoms with Gasteiger partial charge in [-0.2, -0.15) is 0 Å². The number of nitrogens with zero attached hydrogens (tertiary/aromatic N) is 4. The molecule has 0 unspecified atom stereocenters. The third-order valence-corrected chi connectivity index (χ3v) is 8.23. The Morgan fingerprint density at radius 3 is 1.75 bits per heavy atom. The van der Waals surface area contributed by atoms with Crippen molar-refractivity contribution >= 4 is 22.4 Å². The Balaban J connectivity index is 1.66. The number of fused-ring (bicyclic) bond motifs is 1. The molecular weight excluding hydrogens is 538 g/mol. The number of pyridine rings is 4. The van der Waals surface area contributed by atoms with E-state index >= 15 is 0 Å². The molecule has 4 heterocycles. The Bertz CT molecular complexity index is 1810. The largest absolute Gasteiger partial charge is 0.324 e. The highest BCUT2D eigenvalue weighted by atomic mass is 15.1. The Morgan fingerprint density at radius 2 is 1.16 bits per heavy atom. The molecule has 0 aliphatic rings. The average Bonchev–Trinajstić information content (AvgIpc) is 2.95. The van der Waals surface area contributed by atoms with Gasteiger partial charge in [0, 0.05) is 28.9 Å². The first-order chi connectivity index (χ1) is 20.5. The maximum atomic E-state index is 5.26. The fourth-order valence-corrected chi connectivity index (χ4v) is 5.50. The van der Waals surface area contributed by atoms with Crippen molar-refractivity contribution in [1.82, 2.24) is 19.9 Å². The van der Waals surface area contributed by atoms with Crippen molar-refractivity contribution in [1.29, 1.82) is 0 Å². The molecule has 0 atom stereocenters. The molecule has 5 heteroatoms. The first-order valence-electron chi connectivity index (χ1n) is 15.7. The van der Waals surface area contributed by atoms with E-state index < -0.39 is 0 Å². The van der Waals surface area contributed by atoms with E-state index in [1.165, 1.54) is 16.5 Å². The molecule has 1 N–H and O–H groups in total. The van der Waals surface area contributed by atoms with Gasteiger partial charge in [-0.25, -0.2) is 9.97 Å². The molecule has 5 nitrogen and oxygen atoms in total. The average molecular weight is 586 g/mol. The van der Waals surface area contributed by atoms with Gasteiger partial charge in [-0.3, -0.25) is 9.97 Å². The first-order valence-corrected chi connectivity index (χ1v) is 15.7. The van der Waals surface area contributed by atoms with Crippen LogP contribution in [0.5, 0.6) is 0 Å². The summed E-state index contributed by atoms with van der Waals surface area (Å²) < 4.78 is 0. The second-order valence-corrected chi connectivity index (χ2v) is 15.3. The summed E-state index contributed by atoms with van der Waals surface area (Å²) >= 11 is 0. The van der Waals surface area contributed by atoms with Crippen LogP contribution in [0, 0.1) is 0 Å². The molecule has 44 heavy (non-hydrogen) atoms. The van der Waals surface area contributed by atoms with Crippen molar-refractivity contribution < 1.29 is 0 Å². The normalized spacial score (nSPS) is 12.6. The molecule has 0 aliphatic carbocycles. The van der Waals surface area contributed by atoms with Crippen LogP contribution in [0.1, 0.15) is 104 Å². The first kappa shape index (κ1) is 31.3. The third-order valence-electron chi connectivity index (χ3n) is 8.23. The lowest BCUT2D eigenvalue weighted by atomic mass is 9.85. The summed E-state index contributed by atoms with van der Waals surface area (Å²) in [5, 5.41) is 5.98. The molecule has 0 saturated heterocycles. The summed E-state index contributed by atoms with van der Waals surface area (Å²) in [5.41, 5.74) is 7.90. The van der Waals surface area contributed by atoms with E-state index in [2.05, 4.69) is 142 Å². The monoisotopic (exact) mass is 585 g/mol. The van der Waals surface area contributed by atoms with E-state index in [0.29, 0.717) is 5.92 Å². The van der Waals surface area contributed by atoms with E-state index in [1.807, 2.05) is 12.4 Å². The van der Waals surface area contributed by atoms with Gasteiger partial charge in [0.1, 0.15) is 11.6 Å². The SMILES string of the molecule is CC(C)c1ccc2c(-c3ccc(C(C)(C)C)c(Nc4nc(-c5cc(C(C)(C)C)ccn5)ccc4C(C)(C)C)n3)nccc2c1. The standard InChI is InChI=1S/C39H47N5/c1-24(2)25-12-13-28-26(22-25)18-20-41-34(28)32-17-15-30(39(9,10)11)36(43-32)44-35-29(38(6,7)8)14-16-31(42-35)33-23-27(19-21-40-33)37(3,4)5/h12-24H,1-11H3,(H,42,43,44). The van der Waals surface area contributed by atoms with E-state index in [0.717, 1.165) is 50.9 Å². The summed E-state index contributed by atoms with van der Waals surface area (Å²) in [5.74, 6) is 2.04. The second-order valence-electron chi connectivity index (χ2n) is 15.3. The molecule has 0 amide bonds. The Kier molecular flexibility index (Phi) is 8.13. The van der Waals surface area contributed by atoms with Gasteiger partial charge in [-0.15, -0.1) is 0 Å². The van der Waals surface area contributed by atoms with Crippen LogP contribution in [0.4, 0.5) is 11.6 Å². The minimum absolute atomic E-state index is 0.0160. The number of hydrogen-bond acceptors (Lipinski definition) is 5. The Labute approximate surface area is 263 Å². The third kappa shape index (κ3) is 6.52. The van der Waals surface area contributed by atoms with Crippen LogP contribution in [0.2, 0.25) is 0 Å². The quantitative estimate of drug-likeness (QED) is 0.222. The molecule has 5 aromatic rings. The summed E-state index contributed by atoms with van der Waals surface area (Å²) in [6.45, 7) is 24.4. The van der Waals surface area contributed by atoms with Crippen LogP contribution >= 0.6 is 0 Å². The lowest BCUT2D eigenvalue weighted by Crippen LogP contribution is -2.18. The van der Waals surface area contributed by atoms with Crippen molar-refractivity contribution in [3.8, 4) is 22.8 Å². The van der Waals surface area contributed by atoms with Crippen LogP contribution in [0.3, 0.4) is 0 Å². The van der Waals surface area contributed by atoms with Gasteiger partial charge in [-0.1, -0.05) is 106 Å². The zero-order chi connectivity index (χ0) is 32.0. The fourth-order valence-electron chi connectivity index (χ4n) is 5.50. The summed E-state index contributed by atoms with van der Waals surface area (Å²) in [6, 6.07) is 21.5. The van der Waals surface area contributed by atoms with Gasteiger partial charge in [0.2, 0.25) is 0 Å². The fraction of sp³-hybridized carbons (Fsp3) is 0.385. The zero-order valence-electron chi connectivity index (χ0n) is 28.3. The molecule has 0 aliphatic heterocycles. The molecule has 0 radical (unpaired) electrons. The molecule has 0 fully saturated rings. The van der Waals surface area contributed by atoms with Crippen molar-refractivity contribution in [2.75, 3.05) is 5.32 Å². The molecule has 0 bridgehead atoms. The number of nitrogens with one attached hydrogen (secondary N) is 1. The number of aromatic nitrogens is 4. The summed E-state index contributed by atoms with van der Waals surface area (Å²) in [4.78, 5) is 20.0. The predicted molar refractivity (Wildman–Crippen MR) is 186 cm³/mol. The highest BCUT2D eigenvalue weighted by Gasteiger charge is 2.25. The van der Waals surface area contributed by atoms with Crippen molar-refractivity contribution in [3.05, 3.63) is 95.3 Å².